The Morgan fingerprint density at radius 3 is 2.43 bits per heavy atom. The first-order valence-electron chi connectivity index (χ1n) is 8.45. The van der Waals surface area contributed by atoms with Gasteiger partial charge in [-0.2, -0.15) is 0 Å². The molecular formula is C18H17ClF2N4O3. The summed E-state index contributed by atoms with van der Waals surface area (Å²) in [6.07, 6.45) is 0. The molecule has 0 atom stereocenters. The predicted octanol–water partition coefficient (Wildman–Crippen LogP) is 3.07. The van der Waals surface area contributed by atoms with Crippen molar-refractivity contribution in [1.82, 2.24) is 9.80 Å². The fraction of sp³-hybridized carbons (Fsp3) is 0.278. The van der Waals surface area contributed by atoms with Gasteiger partial charge >= 0.3 is 0 Å². The van der Waals surface area contributed by atoms with E-state index in [0.29, 0.717) is 43.8 Å². The van der Waals surface area contributed by atoms with Crippen LogP contribution in [0.25, 0.3) is 0 Å². The molecule has 0 bridgehead atoms. The van der Waals surface area contributed by atoms with Crippen LogP contribution in [0.4, 0.5) is 20.2 Å². The maximum Gasteiger partial charge on any atom is 0.295 e. The summed E-state index contributed by atoms with van der Waals surface area (Å²) in [6.45, 7) is 2.19. The van der Waals surface area contributed by atoms with Crippen molar-refractivity contribution in [3.05, 3.63) is 68.2 Å². The first-order valence-corrected chi connectivity index (χ1v) is 8.83. The number of nitrogens with two attached hydrogens (primary N) is 1. The maximum atomic E-state index is 13.7. The SMILES string of the molecule is Nc1c(C(=O)N2CCN(Cc3ccc(F)cc3Cl)CC2)cc(F)cc1[N+](=O)[O-]. The average molecular weight is 411 g/mol. The lowest BCUT2D eigenvalue weighted by Crippen LogP contribution is -2.48. The van der Waals surface area contributed by atoms with Gasteiger partial charge in [-0.25, -0.2) is 8.78 Å². The van der Waals surface area contributed by atoms with Crippen LogP contribution in [0.3, 0.4) is 0 Å². The van der Waals surface area contributed by atoms with Crippen LogP contribution >= 0.6 is 11.6 Å². The molecule has 2 aromatic rings. The number of nitrogen functional groups attached to an aromatic ring is 1. The maximum absolute atomic E-state index is 13.7. The number of piperazine rings is 1. The molecule has 7 nitrogen and oxygen atoms in total. The number of hydrogen-bond acceptors (Lipinski definition) is 5. The number of nitro groups is 1. The quantitative estimate of drug-likeness (QED) is 0.475. The van der Waals surface area contributed by atoms with Crippen molar-refractivity contribution < 1.29 is 18.5 Å². The van der Waals surface area contributed by atoms with Crippen molar-refractivity contribution in [2.75, 3.05) is 31.9 Å². The van der Waals surface area contributed by atoms with E-state index in [2.05, 4.69) is 0 Å². The van der Waals surface area contributed by atoms with E-state index in [1.807, 2.05) is 4.90 Å². The third-order valence-electron chi connectivity index (χ3n) is 4.62. The molecule has 0 aliphatic carbocycles. The molecule has 1 heterocycles. The van der Waals surface area contributed by atoms with Gasteiger partial charge in [0.1, 0.15) is 17.3 Å². The van der Waals surface area contributed by atoms with Gasteiger partial charge in [-0.1, -0.05) is 17.7 Å². The second-order valence-corrected chi connectivity index (χ2v) is 6.85. The van der Waals surface area contributed by atoms with E-state index >= 15 is 0 Å². The van der Waals surface area contributed by atoms with Crippen LogP contribution in [0.15, 0.2) is 30.3 Å². The number of halogens is 3. The molecule has 2 aromatic carbocycles. The molecule has 1 aliphatic heterocycles. The zero-order valence-corrected chi connectivity index (χ0v) is 15.5. The van der Waals surface area contributed by atoms with Crippen molar-refractivity contribution in [2.45, 2.75) is 6.54 Å². The summed E-state index contributed by atoms with van der Waals surface area (Å²) in [4.78, 5) is 26.4. The highest BCUT2D eigenvalue weighted by Gasteiger charge is 2.27. The minimum Gasteiger partial charge on any atom is -0.393 e. The third-order valence-corrected chi connectivity index (χ3v) is 4.97. The Hall–Kier alpha value is -2.78. The molecule has 1 aliphatic rings. The number of carbonyl (C=O) groups excluding carboxylic acids is 1. The Bertz CT molecular complexity index is 933. The number of rotatable bonds is 4. The van der Waals surface area contributed by atoms with Gasteiger partial charge in [-0.05, 0) is 23.8 Å². The van der Waals surface area contributed by atoms with E-state index in [-0.39, 0.29) is 11.3 Å². The second kappa shape index (κ2) is 8.07. The minimum absolute atomic E-state index is 0.221. The summed E-state index contributed by atoms with van der Waals surface area (Å²) < 4.78 is 26.8. The van der Waals surface area contributed by atoms with Gasteiger partial charge in [-0.3, -0.25) is 19.8 Å². The molecule has 148 valence electrons. The van der Waals surface area contributed by atoms with Crippen molar-refractivity contribution in [2.24, 2.45) is 0 Å². The molecule has 1 saturated heterocycles. The number of nitro benzene ring substituents is 1. The number of carbonyl (C=O) groups is 1. The van der Waals surface area contributed by atoms with Crippen molar-refractivity contribution in [3.63, 3.8) is 0 Å². The van der Waals surface area contributed by atoms with Crippen LogP contribution in [0, 0.1) is 21.7 Å². The molecule has 10 heteroatoms. The Balaban J connectivity index is 1.68. The number of anilines is 1. The first-order chi connectivity index (χ1) is 13.3. The lowest BCUT2D eigenvalue weighted by atomic mass is 10.1. The van der Waals surface area contributed by atoms with Gasteiger partial charge < -0.3 is 10.6 Å². The lowest BCUT2D eigenvalue weighted by Gasteiger charge is -2.35. The molecule has 1 amide bonds. The predicted molar refractivity (Wildman–Crippen MR) is 100 cm³/mol. The van der Waals surface area contributed by atoms with E-state index in [4.69, 9.17) is 17.3 Å². The number of amides is 1. The first kappa shape index (κ1) is 20.0. The zero-order valence-electron chi connectivity index (χ0n) is 14.7. The van der Waals surface area contributed by atoms with Crippen molar-refractivity contribution in [1.29, 1.82) is 0 Å². The fourth-order valence-corrected chi connectivity index (χ4v) is 3.33. The average Bonchev–Trinajstić information content (AvgIpc) is 2.65. The van der Waals surface area contributed by atoms with Crippen LogP contribution in [-0.4, -0.2) is 46.8 Å². The summed E-state index contributed by atoms with van der Waals surface area (Å²) in [7, 11) is 0. The molecule has 0 spiro atoms. The monoisotopic (exact) mass is 410 g/mol. The Labute approximate surface area is 164 Å². The second-order valence-electron chi connectivity index (χ2n) is 6.45. The topological polar surface area (TPSA) is 92.7 Å². The highest BCUT2D eigenvalue weighted by atomic mass is 35.5. The normalized spacial score (nSPS) is 14.9. The lowest BCUT2D eigenvalue weighted by molar-refractivity contribution is -0.384. The highest BCUT2D eigenvalue weighted by molar-refractivity contribution is 6.31. The Morgan fingerprint density at radius 2 is 1.82 bits per heavy atom. The van der Waals surface area contributed by atoms with Crippen LogP contribution in [0.1, 0.15) is 15.9 Å². The van der Waals surface area contributed by atoms with Crippen LogP contribution in [-0.2, 0) is 6.54 Å². The summed E-state index contributed by atoms with van der Waals surface area (Å²) in [5.74, 6) is -1.86. The molecule has 28 heavy (non-hydrogen) atoms. The summed E-state index contributed by atoms with van der Waals surface area (Å²) in [5.41, 5.74) is 5.28. The van der Waals surface area contributed by atoms with Crippen molar-refractivity contribution >= 4 is 28.9 Å². The van der Waals surface area contributed by atoms with Crippen LogP contribution in [0.5, 0.6) is 0 Å². The van der Waals surface area contributed by atoms with Gasteiger partial charge in [0.25, 0.3) is 11.6 Å². The van der Waals surface area contributed by atoms with Gasteiger partial charge in [0, 0.05) is 37.7 Å². The Kier molecular flexibility index (Phi) is 5.76. The number of nitrogens with zero attached hydrogens (tertiary/aromatic N) is 3. The smallest absolute Gasteiger partial charge is 0.295 e. The van der Waals surface area contributed by atoms with E-state index in [0.717, 1.165) is 11.6 Å². The minimum atomic E-state index is -0.895. The fourth-order valence-electron chi connectivity index (χ4n) is 3.10. The van der Waals surface area contributed by atoms with Gasteiger partial charge in [0.05, 0.1) is 16.6 Å². The van der Waals surface area contributed by atoms with Gasteiger partial charge in [0.2, 0.25) is 0 Å². The molecule has 0 unspecified atom stereocenters. The van der Waals surface area contributed by atoms with Crippen LogP contribution in [0.2, 0.25) is 5.02 Å². The molecule has 2 N–H and O–H groups in total. The molecule has 0 aromatic heterocycles. The molecule has 3 rings (SSSR count). The van der Waals surface area contributed by atoms with Crippen LogP contribution < -0.4 is 5.73 Å². The van der Waals surface area contributed by atoms with Gasteiger partial charge in [0.15, 0.2) is 0 Å². The van der Waals surface area contributed by atoms with E-state index < -0.39 is 28.2 Å². The Morgan fingerprint density at radius 1 is 1.14 bits per heavy atom. The molecule has 1 fully saturated rings. The molecule has 0 saturated carbocycles. The zero-order chi connectivity index (χ0) is 20.4. The van der Waals surface area contributed by atoms with Crippen molar-refractivity contribution in [3.8, 4) is 0 Å². The summed E-state index contributed by atoms with van der Waals surface area (Å²) >= 11 is 6.04. The highest BCUT2D eigenvalue weighted by Crippen LogP contribution is 2.28. The largest absolute Gasteiger partial charge is 0.393 e. The third kappa shape index (κ3) is 4.20. The van der Waals surface area contributed by atoms with Gasteiger partial charge in [-0.15, -0.1) is 0 Å². The summed E-state index contributed by atoms with van der Waals surface area (Å²) in [5, 5.41) is 11.3. The van der Waals surface area contributed by atoms with E-state index in [1.165, 1.54) is 17.0 Å². The van der Waals surface area contributed by atoms with E-state index in [9.17, 15) is 23.7 Å². The number of benzene rings is 2. The molecule has 0 radical (unpaired) electrons. The summed E-state index contributed by atoms with van der Waals surface area (Å²) in [6, 6.07) is 5.80. The number of hydrogen-bond donors (Lipinski definition) is 1. The standard InChI is InChI=1S/C18H17ClF2N4O3/c19-15-8-12(20)2-1-11(15)10-23-3-5-24(6-4-23)18(26)14-7-13(21)9-16(17(14)22)25(27)28/h1-2,7-9H,3-6,10,22H2. The van der Waals surface area contributed by atoms with E-state index in [1.54, 1.807) is 6.07 Å². The molecular weight excluding hydrogens is 394 g/mol.